The van der Waals surface area contributed by atoms with Crippen molar-refractivity contribution in [2.45, 2.75) is 26.3 Å². The molecule has 0 saturated carbocycles. The second-order valence-electron chi connectivity index (χ2n) is 4.66. The van der Waals surface area contributed by atoms with E-state index in [1.54, 1.807) is 0 Å². The molecule has 0 bridgehead atoms. The van der Waals surface area contributed by atoms with Gasteiger partial charge in [-0.3, -0.25) is 0 Å². The summed E-state index contributed by atoms with van der Waals surface area (Å²) in [6.45, 7) is 4.40. The summed E-state index contributed by atoms with van der Waals surface area (Å²) < 4.78 is 10.8. The van der Waals surface area contributed by atoms with Gasteiger partial charge in [0.1, 0.15) is 0 Å². The quantitative estimate of drug-likeness (QED) is 0.833. The molecule has 0 aliphatic carbocycles. The summed E-state index contributed by atoms with van der Waals surface area (Å²) in [5.41, 5.74) is 9.41. The first-order valence-electron chi connectivity index (χ1n) is 5.81. The number of aromatic amines is 1. The second kappa shape index (κ2) is 3.67. The zero-order valence-electron chi connectivity index (χ0n) is 10.0. The van der Waals surface area contributed by atoms with Crippen LogP contribution < -0.4 is 15.2 Å². The summed E-state index contributed by atoms with van der Waals surface area (Å²) in [6.07, 6.45) is 0.867. The number of aromatic nitrogens is 1. The van der Waals surface area contributed by atoms with Crippen LogP contribution in [0.25, 0.3) is 10.9 Å². The lowest BCUT2D eigenvalue weighted by molar-refractivity contribution is 0.174. The molecule has 2 heterocycles. The van der Waals surface area contributed by atoms with Gasteiger partial charge in [0.2, 0.25) is 6.79 Å². The highest BCUT2D eigenvalue weighted by Gasteiger charge is 2.18. The van der Waals surface area contributed by atoms with Crippen molar-refractivity contribution in [2.24, 2.45) is 5.73 Å². The van der Waals surface area contributed by atoms with Crippen LogP contribution in [0.5, 0.6) is 11.5 Å². The summed E-state index contributed by atoms with van der Waals surface area (Å²) in [6, 6.07) is 4.19. The molecule has 1 aromatic heterocycles. The van der Waals surface area contributed by atoms with Gasteiger partial charge in [-0.05, 0) is 31.9 Å². The molecular weight excluding hydrogens is 216 g/mol. The van der Waals surface area contributed by atoms with Crippen molar-refractivity contribution in [1.82, 2.24) is 4.98 Å². The zero-order chi connectivity index (χ0) is 12.0. The molecule has 4 heteroatoms. The minimum atomic E-state index is 0.151. The highest BCUT2D eigenvalue weighted by atomic mass is 16.7. The van der Waals surface area contributed by atoms with Gasteiger partial charge in [0.25, 0.3) is 0 Å². The van der Waals surface area contributed by atoms with E-state index in [0.29, 0.717) is 6.79 Å². The number of fused-ring (bicyclic) bond motifs is 2. The van der Waals surface area contributed by atoms with Crippen LogP contribution in [-0.2, 0) is 6.42 Å². The van der Waals surface area contributed by atoms with Crippen LogP contribution in [0.1, 0.15) is 18.2 Å². The second-order valence-corrected chi connectivity index (χ2v) is 4.66. The maximum Gasteiger partial charge on any atom is 0.231 e. The van der Waals surface area contributed by atoms with Gasteiger partial charge >= 0.3 is 0 Å². The van der Waals surface area contributed by atoms with Gasteiger partial charge in [0.05, 0.1) is 0 Å². The molecule has 0 spiro atoms. The Balaban J connectivity index is 2.18. The minimum Gasteiger partial charge on any atom is -0.454 e. The van der Waals surface area contributed by atoms with Crippen molar-refractivity contribution >= 4 is 10.9 Å². The number of benzene rings is 1. The molecular formula is C13H16N2O2. The van der Waals surface area contributed by atoms with Crippen molar-refractivity contribution in [3.05, 3.63) is 23.4 Å². The number of hydrogen-bond donors (Lipinski definition) is 2. The molecule has 17 heavy (non-hydrogen) atoms. The molecule has 3 N–H and O–H groups in total. The highest BCUT2D eigenvalue weighted by molar-refractivity contribution is 5.88. The van der Waals surface area contributed by atoms with E-state index in [1.165, 1.54) is 16.6 Å². The molecule has 3 rings (SSSR count). The first kappa shape index (κ1) is 10.5. The number of ether oxygens (including phenoxy) is 2. The van der Waals surface area contributed by atoms with Gasteiger partial charge in [-0.25, -0.2) is 0 Å². The van der Waals surface area contributed by atoms with Crippen LogP contribution in [0, 0.1) is 6.92 Å². The lowest BCUT2D eigenvalue weighted by atomic mass is 10.0. The van der Waals surface area contributed by atoms with E-state index in [1.807, 2.05) is 19.1 Å². The first-order valence-corrected chi connectivity index (χ1v) is 5.81. The third kappa shape index (κ3) is 1.65. The maximum atomic E-state index is 5.89. The van der Waals surface area contributed by atoms with E-state index in [4.69, 9.17) is 15.2 Å². The average Bonchev–Trinajstić information content (AvgIpc) is 2.81. The summed E-state index contributed by atoms with van der Waals surface area (Å²) in [4.78, 5) is 3.37. The van der Waals surface area contributed by atoms with Gasteiger partial charge in [-0.15, -0.1) is 0 Å². The maximum absolute atomic E-state index is 5.89. The first-order chi connectivity index (χ1) is 8.15. The Morgan fingerprint density at radius 1 is 1.35 bits per heavy atom. The van der Waals surface area contributed by atoms with Gasteiger partial charge in [-0.2, -0.15) is 0 Å². The fourth-order valence-electron chi connectivity index (χ4n) is 2.36. The van der Waals surface area contributed by atoms with Crippen LogP contribution in [0.15, 0.2) is 12.1 Å². The number of rotatable bonds is 2. The monoisotopic (exact) mass is 232 g/mol. The Kier molecular flexibility index (Phi) is 2.26. The SMILES string of the molecule is Cc1[nH]c2cc3c(cc2c1CC(C)N)OCO3. The molecule has 1 unspecified atom stereocenters. The Hall–Kier alpha value is -1.68. The number of H-pyrrole nitrogens is 1. The summed E-state index contributed by atoms with van der Waals surface area (Å²) in [5, 5.41) is 1.18. The van der Waals surface area contributed by atoms with Crippen LogP contribution in [0.4, 0.5) is 0 Å². The molecule has 1 aliphatic rings. The number of aryl methyl sites for hydroxylation is 1. The molecule has 1 aliphatic heterocycles. The normalized spacial score (nSPS) is 15.5. The highest BCUT2D eigenvalue weighted by Crippen LogP contribution is 2.37. The van der Waals surface area contributed by atoms with Gasteiger partial charge in [0.15, 0.2) is 11.5 Å². The third-order valence-corrected chi connectivity index (χ3v) is 3.14. The van der Waals surface area contributed by atoms with E-state index in [-0.39, 0.29) is 6.04 Å². The van der Waals surface area contributed by atoms with Crippen molar-refractivity contribution in [2.75, 3.05) is 6.79 Å². The van der Waals surface area contributed by atoms with Crippen molar-refractivity contribution in [3.8, 4) is 11.5 Å². The Labute approximate surface area is 99.7 Å². The standard InChI is InChI=1S/C13H16N2O2/c1-7(14)3-9-8(2)15-11-5-13-12(4-10(9)11)16-6-17-13/h4-5,7,15H,3,6,14H2,1-2H3. The molecule has 0 radical (unpaired) electrons. The number of nitrogens with one attached hydrogen (secondary N) is 1. The predicted molar refractivity (Wildman–Crippen MR) is 66.5 cm³/mol. The number of hydrogen-bond acceptors (Lipinski definition) is 3. The van der Waals surface area contributed by atoms with Crippen molar-refractivity contribution < 1.29 is 9.47 Å². The number of nitrogens with two attached hydrogens (primary N) is 1. The molecule has 4 nitrogen and oxygen atoms in total. The van der Waals surface area contributed by atoms with E-state index in [2.05, 4.69) is 11.9 Å². The van der Waals surface area contributed by atoms with Crippen LogP contribution >= 0.6 is 0 Å². The van der Waals surface area contributed by atoms with E-state index < -0.39 is 0 Å². The largest absolute Gasteiger partial charge is 0.454 e. The lowest BCUT2D eigenvalue weighted by Gasteiger charge is -2.05. The Bertz CT molecular complexity index is 572. The van der Waals surface area contributed by atoms with Gasteiger partial charge < -0.3 is 20.2 Å². The summed E-state index contributed by atoms with van der Waals surface area (Å²) in [5.74, 6) is 1.63. The van der Waals surface area contributed by atoms with Gasteiger partial charge in [-0.1, -0.05) is 0 Å². The Morgan fingerprint density at radius 3 is 2.76 bits per heavy atom. The van der Waals surface area contributed by atoms with Crippen LogP contribution in [0.2, 0.25) is 0 Å². The Morgan fingerprint density at radius 2 is 2.06 bits per heavy atom. The van der Waals surface area contributed by atoms with E-state index in [0.717, 1.165) is 23.4 Å². The molecule has 0 fully saturated rings. The van der Waals surface area contributed by atoms with Crippen LogP contribution in [0.3, 0.4) is 0 Å². The average molecular weight is 232 g/mol. The lowest BCUT2D eigenvalue weighted by Crippen LogP contribution is -2.18. The molecule has 2 aromatic rings. The van der Waals surface area contributed by atoms with Gasteiger partial charge in [0, 0.05) is 28.7 Å². The van der Waals surface area contributed by atoms with Crippen molar-refractivity contribution in [3.63, 3.8) is 0 Å². The molecule has 0 amide bonds. The molecule has 1 atom stereocenters. The van der Waals surface area contributed by atoms with E-state index >= 15 is 0 Å². The van der Waals surface area contributed by atoms with E-state index in [9.17, 15) is 0 Å². The fourth-order valence-corrected chi connectivity index (χ4v) is 2.36. The molecule has 0 saturated heterocycles. The summed E-state index contributed by atoms with van der Waals surface area (Å²) >= 11 is 0. The predicted octanol–water partition coefficient (Wildman–Crippen LogP) is 2.09. The van der Waals surface area contributed by atoms with Crippen molar-refractivity contribution in [1.29, 1.82) is 0 Å². The minimum absolute atomic E-state index is 0.151. The molecule has 1 aromatic carbocycles. The van der Waals surface area contributed by atoms with Crippen LogP contribution in [-0.4, -0.2) is 17.8 Å². The third-order valence-electron chi connectivity index (χ3n) is 3.14. The fraction of sp³-hybridized carbons (Fsp3) is 0.385. The molecule has 90 valence electrons. The summed E-state index contributed by atoms with van der Waals surface area (Å²) in [7, 11) is 0. The zero-order valence-corrected chi connectivity index (χ0v) is 10.0. The topological polar surface area (TPSA) is 60.3 Å². The smallest absolute Gasteiger partial charge is 0.231 e.